The van der Waals surface area contributed by atoms with Crippen molar-refractivity contribution >= 4 is 17.7 Å². The van der Waals surface area contributed by atoms with Gasteiger partial charge in [0.05, 0.1) is 0 Å². The highest BCUT2D eigenvalue weighted by atomic mass is 16.3. The standard InChI is InChI=1S/C20H18N2O2/c1-3-4-16-11-15(7-10-19(16)23)12-17(13-21)20(24)22-18-8-5-14(2)6-9-18/h3,5-12,23H,1,4H2,2H3,(H,22,24)/b17-12-. The molecule has 0 aliphatic rings. The van der Waals surface area contributed by atoms with Crippen LogP contribution in [-0.2, 0) is 11.2 Å². The van der Waals surface area contributed by atoms with Crippen molar-refractivity contribution in [2.45, 2.75) is 13.3 Å². The van der Waals surface area contributed by atoms with E-state index in [9.17, 15) is 15.2 Å². The molecule has 0 unspecified atom stereocenters. The number of aromatic hydroxyl groups is 1. The third-order valence-corrected chi connectivity index (χ3v) is 3.45. The molecule has 0 spiro atoms. The molecule has 2 aromatic carbocycles. The van der Waals surface area contributed by atoms with Gasteiger partial charge in [-0.2, -0.15) is 5.26 Å². The number of phenolic OH excluding ortho intramolecular Hbond substituents is 1. The van der Waals surface area contributed by atoms with Gasteiger partial charge in [-0.1, -0.05) is 29.8 Å². The second-order valence-electron chi connectivity index (χ2n) is 5.37. The van der Waals surface area contributed by atoms with E-state index >= 15 is 0 Å². The lowest BCUT2D eigenvalue weighted by Crippen LogP contribution is -2.13. The van der Waals surface area contributed by atoms with Crippen molar-refractivity contribution in [2.24, 2.45) is 0 Å². The number of amides is 1. The summed E-state index contributed by atoms with van der Waals surface area (Å²) in [5, 5.41) is 21.7. The van der Waals surface area contributed by atoms with Gasteiger partial charge in [-0.3, -0.25) is 4.79 Å². The zero-order valence-electron chi connectivity index (χ0n) is 13.4. The number of rotatable bonds is 5. The molecule has 0 saturated carbocycles. The number of allylic oxidation sites excluding steroid dienone is 1. The van der Waals surface area contributed by atoms with Gasteiger partial charge >= 0.3 is 0 Å². The third-order valence-electron chi connectivity index (χ3n) is 3.45. The minimum atomic E-state index is -0.473. The Bertz CT molecular complexity index is 828. The molecule has 0 bridgehead atoms. The van der Waals surface area contributed by atoms with Crippen molar-refractivity contribution in [3.63, 3.8) is 0 Å². The van der Waals surface area contributed by atoms with Gasteiger partial charge in [-0.15, -0.1) is 6.58 Å². The summed E-state index contributed by atoms with van der Waals surface area (Å²) in [6.07, 6.45) is 3.68. The van der Waals surface area contributed by atoms with E-state index in [2.05, 4.69) is 11.9 Å². The van der Waals surface area contributed by atoms with E-state index in [0.29, 0.717) is 23.2 Å². The van der Waals surface area contributed by atoms with E-state index in [1.807, 2.05) is 25.1 Å². The summed E-state index contributed by atoms with van der Waals surface area (Å²) in [5.74, 6) is -0.311. The number of benzene rings is 2. The number of nitriles is 1. The Kier molecular flexibility index (Phi) is 5.54. The lowest BCUT2D eigenvalue weighted by molar-refractivity contribution is -0.112. The topological polar surface area (TPSA) is 73.1 Å². The lowest BCUT2D eigenvalue weighted by atomic mass is 10.0. The first-order valence-electron chi connectivity index (χ1n) is 7.46. The number of aryl methyl sites for hydroxylation is 1. The van der Waals surface area contributed by atoms with Crippen LogP contribution in [0.25, 0.3) is 6.08 Å². The molecular formula is C20H18N2O2. The zero-order chi connectivity index (χ0) is 17.5. The van der Waals surface area contributed by atoms with Crippen molar-refractivity contribution in [2.75, 3.05) is 5.32 Å². The first-order chi connectivity index (χ1) is 11.5. The summed E-state index contributed by atoms with van der Waals surface area (Å²) in [4.78, 5) is 12.2. The van der Waals surface area contributed by atoms with E-state index in [1.54, 1.807) is 30.3 Å². The lowest BCUT2D eigenvalue weighted by Gasteiger charge is -2.06. The predicted octanol–water partition coefficient (Wildman–Crippen LogP) is 3.97. The quantitative estimate of drug-likeness (QED) is 0.497. The first kappa shape index (κ1) is 17.0. The Morgan fingerprint density at radius 3 is 2.62 bits per heavy atom. The molecule has 4 heteroatoms. The molecule has 24 heavy (non-hydrogen) atoms. The van der Waals surface area contributed by atoms with Crippen LogP contribution in [-0.4, -0.2) is 11.0 Å². The summed E-state index contributed by atoms with van der Waals surface area (Å²) in [7, 11) is 0. The fraction of sp³-hybridized carbons (Fsp3) is 0.100. The monoisotopic (exact) mass is 318 g/mol. The van der Waals surface area contributed by atoms with Crippen LogP contribution in [0.3, 0.4) is 0 Å². The van der Waals surface area contributed by atoms with Crippen molar-refractivity contribution in [1.29, 1.82) is 5.26 Å². The normalized spacial score (nSPS) is 10.8. The molecule has 0 aliphatic carbocycles. The van der Waals surface area contributed by atoms with Crippen molar-refractivity contribution in [3.8, 4) is 11.8 Å². The highest BCUT2D eigenvalue weighted by molar-refractivity contribution is 6.09. The summed E-state index contributed by atoms with van der Waals surface area (Å²) in [6, 6.07) is 14.2. The summed E-state index contributed by atoms with van der Waals surface area (Å²) in [6.45, 7) is 5.60. The Balaban J connectivity index is 2.23. The fourth-order valence-electron chi connectivity index (χ4n) is 2.16. The molecule has 4 nitrogen and oxygen atoms in total. The van der Waals surface area contributed by atoms with Crippen molar-refractivity contribution in [1.82, 2.24) is 0 Å². The van der Waals surface area contributed by atoms with Gasteiger partial charge in [0, 0.05) is 5.69 Å². The summed E-state index contributed by atoms with van der Waals surface area (Å²) < 4.78 is 0. The highest BCUT2D eigenvalue weighted by Crippen LogP contribution is 2.21. The van der Waals surface area contributed by atoms with Gasteiger partial charge in [0.15, 0.2) is 0 Å². The van der Waals surface area contributed by atoms with E-state index < -0.39 is 5.91 Å². The third kappa shape index (κ3) is 4.34. The minimum absolute atomic E-state index is 0.00850. The number of anilines is 1. The Morgan fingerprint density at radius 2 is 2.00 bits per heavy atom. The van der Waals surface area contributed by atoms with E-state index in [1.165, 1.54) is 12.1 Å². The zero-order valence-corrected chi connectivity index (χ0v) is 13.4. The second kappa shape index (κ2) is 7.80. The van der Waals surface area contributed by atoms with E-state index in [4.69, 9.17) is 0 Å². The van der Waals surface area contributed by atoms with Gasteiger partial charge < -0.3 is 10.4 Å². The van der Waals surface area contributed by atoms with E-state index in [-0.39, 0.29) is 11.3 Å². The molecule has 0 radical (unpaired) electrons. The Morgan fingerprint density at radius 1 is 1.29 bits per heavy atom. The number of nitrogens with one attached hydrogen (secondary N) is 1. The van der Waals surface area contributed by atoms with Crippen LogP contribution in [0, 0.1) is 18.3 Å². The van der Waals surface area contributed by atoms with Crippen LogP contribution in [0.15, 0.2) is 60.7 Å². The number of hydrogen-bond acceptors (Lipinski definition) is 3. The fourth-order valence-corrected chi connectivity index (χ4v) is 2.16. The van der Waals surface area contributed by atoms with Gasteiger partial charge in [0.1, 0.15) is 17.4 Å². The number of nitrogens with zero attached hydrogens (tertiary/aromatic N) is 1. The second-order valence-corrected chi connectivity index (χ2v) is 5.37. The van der Waals surface area contributed by atoms with Crippen LogP contribution in [0.4, 0.5) is 5.69 Å². The number of carbonyl (C=O) groups excluding carboxylic acids is 1. The molecule has 0 aromatic heterocycles. The predicted molar refractivity (Wildman–Crippen MR) is 95.4 cm³/mol. The van der Waals surface area contributed by atoms with Crippen LogP contribution in [0.1, 0.15) is 16.7 Å². The molecule has 120 valence electrons. The highest BCUT2D eigenvalue weighted by Gasteiger charge is 2.10. The minimum Gasteiger partial charge on any atom is -0.508 e. The molecule has 2 N–H and O–H groups in total. The largest absolute Gasteiger partial charge is 0.508 e. The molecule has 2 aromatic rings. The Hall–Kier alpha value is -3.32. The molecule has 0 fully saturated rings. The van der Waals surface area contributed by atoms with Crippen molar-refractivity contribution in [3.05, 3.63) is 77.4 Å². The first-order valence-corrected chi connectivity index (χ1v) is 7.46. The van der Waals surface area contributed by atoms with Gasteiger partial charge in [0.25, 0.3) is 5.91 Å². The molecule has 1 amide bonds. The Labute approximate surface area is 141 Å². The smallest absolute Gasteiger partial charge is 0.266 e. The van der Waals surface area contributed by atoms with Crippen molar-refractivity contribution < 1.29 is 9.90 Å². The van der Waals surface area contributed by atoms with E-state index in [0.717, 1.165) is 5.56 Å². The maximum absolute atomic E-state index is 12.2. The van der Waals surface area contributed by atoms with Crippen LogP contribution < -0.4 is 5.32 Å². The van der Waals surface area contributed by atoms with Crippen LogP contribution >= 0.6 is 0 Å². The molecule has 0 aliphatic heterocycles. The number of carbonyl (C=O) groups is 1. The molecule has 2 rings (SSSR count). The molecule has 0 saturated heterocycles. The van der Waals surface area contributed by atoms with Crippen LogP contribution in [0.2, 0.25) is 0 Å². The average Bonchev–Trinajstić information content (AvgIpc) is 2.57. The number of phenols is 1. The molecule has 0 atom stereocenters. The van der Waals surface area contributed by atoms with Gasteiger partial charge in [-0.05, 0) is 54.8 Å². The number of hydrogen-bond donors (Lipinski definition) is 2. The average molecular weight is 318 g/mol. The molecular weight excluding hydrogens is 300 g/mol. The SMILES string of the molecule is C=CCc1cc(/C=C(/C#N)C(=O)Nc2ccc(C)cc2)ccc1O. The van der Waals surface area contributed by atoms with Gasteiger partial charge in [-0.25, -0.2) is 0 Å². The molecule has 0 heterocycles. The maximum Gasteiger partial charge on any atom is 0.266 e. The summed E-state index contributed by atoms with van der Waals surface area (Å²) in [5.41, 5.74) is 3.06. The van der Waals surface area contributed by atoms with Crippen LogP contribution in [0.5, 0.6) is 5.75 Å². The summed E-state index contributed by atoms with van der Waals surface area (Å²) >= 11 is 0. The maximum atomic E-state index is 12.2. The van der Waals surface area contributed by atoms with Gasteiger partial charge in [0.2, 0.25) is 0 Å².